The largest absolute Gasteiger partial charge is 0.394 e. The highest BCUT2D eigenvalue weighted by Crippen LogP contribution is 2.30. The molecule has 2 saturated heterocycles. The van der Waals surface area contributed by atoms with Crippen molar-refractivity contribution in [2.45, 2.75) is 331 Å². The number of allylic oxidation sites excluding steroid dienone is 7. The highest BCUT2D eigenvalue weighted by molar-refractivity contribution is 5.76. The van der Waals surface area contributed by atoms with E-state index < -0.39 is 86.8 Å². The first-order chi connectivity index (χ1) is 38.1. The molecule has 456 valence electrons. The second kappa shape index (κ2) is 49.5. The third-order valence-corrected chi connectivity index (χ3v) is 15.5. The number of rotatable bonds is 51. The van der Waals surface area contributed by atoms with Crippen molar-refractivity contribution in [2.24, 2.45) is 0 Å². The summed E-state index contributed by atoms with van der Waals surface area (Å²) in [4.78, 5) is 13.2. The van der Waals surface area contributed by atoms with Gasteiger partial charge in [0.05, 0.1) is 32.0 Å². The second-order valence-corrected chi connectivity index (χ2v) is 22.5. The maximum Gasteiger partial charge on any atom is 0.220 e. The number of carbonyl (C=O) groups excluding carboxylic acids is 1. The lowest BCUT2D eigenvalue weighted by molar-refractivity contribution is -0.359. The second-order valence-electron chi connectivity index (χ2n) is 22.5. The van der Waals surface area contributed by atoms with Gasteiger partial charge in [-0.1, -0.05) is 236 Å². The van der Waals surface area contributed by atoms with Crippen molar-refractivity contribution in [3.63, 3.8) is 0 Å². The zero-order valence-corrected chi connectivity index (χ0v) is 49.2. The fraction of sp³-hybridized carbons (Fsp3) is 0.859. The van der Waals surface area contributed by atoms with Crippen LogP contribution < -0.4 is 5.32 Å². The van der Waals surface area contributed by atoms with Gasteiger partial charge in [-0.25, -0.2) is 0 Å². The molecule has 2 heterocycles. The van der Waals surface area contributed by atoms with Crippen molar-refractivity contribution in [1.29, 1.82) is 0 Å². The average Bonchev–Trinajstić information content (AvgIpc) is 3.47. The first kappa shape index (κ1) is 72.1. The Morgan fingerprint density at radius 3 is 1.33 bits per heavy atom. The van der Waals surface area contributed by atoms with Gasteiger partial charge in [-0.3, -0.25) is 4.79 Å². The number of hydrogen-bond donors (Lipinski definition) is 9. The van der Waals surface area contributed by atoms with Gasteiger partial charge in [-0.15, -0.1) is 0 Å². The van der Waals surface area contributed by atoms with Gasteiger partial charge in [0.1, 0.15) is 48.8 Å². The minimum Gasteiger partial charge on any atom is -0.394 e. The summed E-state index contributed by atoms with van der Waals surface area (Å²) in [6, 6.07) is -0.929. The van der Waals surface area contributed by atoms with Crippen LogP contribution in [0.2, 0.25) is 0 Å². The molecule has 0 aromatic rings. The molecule has 0 saturated carbocycles. The van der Waals surface area contributed by atoms with E-state index in [1.807, 2.05) is 6.08 Å². The summed E-state index contributed by atoms with van der Waals surface area (Å²) >= 11 is 0. The van der Waals surface area contributed by atoms with Crippen LogP contribution in [0.5, 0.6) is 0 Å². The standard InChI is InChI=1S/C64H117NO13/c1-3-5-7-9-11-13-15-16-17-18-19-20-21-22-23-24-25-26-27-28-29-30-31-32-33-34-35-36-38-40-42-44-46-48-56(69)65-52(53(68)47-45-43-41-39-37-14-12-10-8-6-4-2)51-75-63-61(74)59(72)62(55(50-67)77-63)78-64-60(73)58(71)57(70)54(49-66)76-64/h15-16,18-19,37,39,45,47,52-55,57-64,66-68,70-74H,3-14,17,20-36,38,40-44,46,48-51H2,1-2H3,(H,65,69)/b16-15-,19-18-,39-37+,47-45+. The summed E-state index contributed by atoms with van der Waals surface area (Å²) in [6.07, 6.45) is 46.2. The van der Waals surface area contributed by atoms with Gasteiger partial charge >= 0.3 is 0 Å². The molecule has 0 aromatic carbocycles. The van der Waals surface area contributed by atoms with Crippen LogP contribution in [0.4, 0.5) is 0 Å². The molecule has 0 aromatic heterocycles. The number of nitrogens with one attached hydrogen (secondary N) is 1. The van der Waals surface area contributed by atoms with Crippen LogP contribution in [0, 0.1) is 0 Å². The van der Waals surface area contributed by atoms with E-state index in [2.05, 4.69) is 55.6 Å². The Morgan fingerprint density at radius 1 is 0.462 bits per heavy atom. The van der Waals surface area contributed by atoms with E-state index in [4.69, 9.17) is 18.9 Å². The quantitative estimate of drug-likeness (QED) is 0.0204. The van der Waals surface area contributed by atoms with Crippen LogP contribution in [0.25, 0.3) is 0 Å². The van der Waals surface area contributed by atoms with Gasteiger partial charge in [0, 0.05) is 6.42 Å². The highest BCUT2D eigenvalue weighted by Gasteiger charge is 2.51. The van der Waals surface area contributed by atoms with Crippen molar-refractivity contribution in [3.05, 3.63) is 48.6 Å². The van der Waals surface area contributed by atoms with E-state index in [1.54, 1.807) is 6.08 Å². The van der Waals surface area contributed by atoms with Gasteiger partial charge in [-0.05, 0) is 64.2 Å². The molecule has 9 N–H and O–H groups in total. The fourth-order valence-electron chi connectivity index (χ4n) is 10.3. The monoisotopic (exact) mass is 1110 g/mol. The SMILES string of the molecule is CCCCCCC/C=C\C/C=C\CCCCCCCCCCCCCCCCCCCCCCCC(=O)NC(COC1OC(CO)C(OC2OC(CO)C(O)C(O)C2O)C(O)C1O)C(O)/C=C/CC/C=C/CCCCCCC. The smallest absolute Gasteiger partial charge is 0.220 e. The Morgan fingerprint density at radius 2 is 0.859 bits per heavy atom. The third-order valence-electron chi connectivity index (χ3n) is 15.5. The third kappa shape index (κ3) is 34.4. The molecule has 0 aliphatic carbocycles. The Balaban J connectivity index is 1.61. The number of carbonyl (C=O) groups is 1. The number of aliphatic hydroxyl groups excluding tert-OH is 8. The van der Waals surface area contributed by atoms with Crippen molar-refractivity contribution in [3.8, 4) is 0 Å². The molecule has 14 heteroatoms. The van der Waals surface area contributed by atoms with Gasteiger partial charge in [-0.2, -0.15) is 0 Å². The molecule has 0 bridgehead atoms. The van der Waals surface area contributed by atoms with Crippen molar-refractivity contribution in [1.82, 2.24) is 5.32 Å². The number of amides is 1. The van der Waals surface area contributed by atoms with Crippen LogP contribution in [0.15, 0.2) is 48.6 Å². The molecule has 0 spiro atoms. The summed E-state index contributed by atoms with van der Waals surface area (Å²) in [5, 5.41) is 86.9. The molecule has 2 aliphatic heterocycles. The predicted octanol–water partition coefficient (Wildman–Crippen LogP) is 11.6. The molecular formula is C64H117NO13. The first-order valence-electron chi connectivity index (χ1n) is 31.9. The van der Waals surface area contributed by atoms with Crippen molar-refractivity contribution < 1.29 is 64.6 Å². The Bertz CT molecular complexity index is 1490. The van der Waals surface area contributed by atoms with Crippen molar-refractivity contribution >= 4 is 5.91 Å². The van der Waals surface area contributed by atoms with E-state index in [0.717, 1.165) is 38.5 Å². The Labute approximate surface area is 473 Å². The average molecular weight is 1110 g/mol. The minimum atomic E-state index is -1.79. The van der Waals surface area contributed by atoms with Gasteiger partial charge in [0.2, 0.25) is 5.91 Å². The normalized spacial score (nSPS) is 24.8. The first-order valence-corrected chi connectivity index (χ1v) is 31.9. The van der Waals surface area contributed by atoms with E-state index in [1.165, 1.54) is 186 Å². The number of hydrogen-bond acceptors (Lipinski definition) is 13. The lowest BCUT2D eigenvalue weighted by Gasteiger charge is -2.46. The number of ether oxygens (including phenoxy) is 4. The number of aliphatic hydroxyl groups is 8. The topological polar surface area (TPSA) is 228 Å². The maximum atomic E-state index is 13.2. The Hall–Kier alpha value is -2.05. The van der Waals surface area contributed by atoms with E-state index >= 15 is 0 Å². The van der Waals surface area contributed by atoms with Crippen LogP contribution in [0.1, 0.15) is 258 Å². The zero-order valence-electron chi connectivity index (χ0n) is 49.2. The molecule has 1 amide bonds. The predicted molar refractivity (Wildman–Crippen MR) is 314 cm³/mol. The summed E-state index contributed by atoms with van der Waals surface area (Å²) in [5.41, 5.74) is 0. The molecule has 78 heavy (non-hydrogen) atoms. The van der Waals surface area contributed by atoms with E-state index in [-0.39, 0.29) is 18.9 Å². The maximum absolute atomic E-state index is 13.2. The van der Waals surface area contributed by atoms with Gasteiger partial charge < -0.3 is 65.1 Å². The summed E-state index contributed by atoms with van der Waals surface area (Å²) in [7, 11) is 0. The van der Waals surface area contributed by atoms with E-state index in [9.17, 15) is 45.6 Å². The summed E-state index contributed by atoms with van der Waals surface area (Å²) in [6.45, 7) is 2.75. The minimum absolute atomic E-state index is 0.248. The van der Waals surface area contributed by atoms with Crippen LogP contribution in [-0.2, 0) is 23.7 Å². The highest BCUT2D eigenvalue weighted by atomic mass is 16.7. The Kier molecular flexibility index (Phi) is 45.8. The number of unbranched alkanes of at least 4 members (excludes halogenated alkanes) is 32. The van der Waals surface area contributed by atoms with E-state index in [0.29, 0.717) is 12.8 Å². The van der Waals surface area contributed by atoms with Gasteiger partial charge in [0.25, 0.3) is 0 Å². The molecular weight excluding hydrogens is 991 g/mol. The lowest BCUT2D eigenvalue weighted by Crippen LogP contribution is -2.65. The lowest BCUT2D eigenvalue weighted by atomic mass is 9.97. The zero-order chi connectivity index (χ0) is 56.7. The molecule has 12 atom stereocenters. The van der Waals surface area contributed by atoms with Gasteiger partial charge in [0.15, 0.2) is 12.6 Å². The fourth-order valence-corrected chi connectivity index (χ4v) is 10.3. The van der Waals surface area contributed by atoms with Crippen LogP contribution in [0.3, 0.4) is 0 Å². The molecule has 0 radical (unpaired) electrons. The summed E-state index contributed by atoms with van der Waals surface area (Å²) in [5.74, 6) is -0.248. The molecule has 14 nitrogen and oxygen atoms in total. The molecule has 12 unspecified atom stereocenters. The van der Waals surface area contributed by atoms with Crippen LogP contribution >= 0.6 is 0 Å². The molecule has 2 aliphatic rings. The van der Waals surface area contributed by atoms with Crippen molar-refractivity contribution in [2.75, 3.05) is 19.8 Å². The summed E-state index contributed by atoms with van der Waals surface area (Å²) < 4.78 is 22.7. The molecule has 2 rings (SSSR count). The molecule has 2 fully saturated rings. The van der Waals surface area contributed by atoms with Crippen LogP contribution in [-0.4, -0.2) is 140 Å².